The third kappa shape index (κ3) is 29.3. The lowest BCUT2D eigenvalue weighted by atomic mass is 10.0. The number of thioether (sulfide) groups is 2. The summed E-state index contributed by atoms with van der Waals surface area (Å²) in [5.74, 6) is -6.55. The Hall–Kier alpha value is -13.7. The molecule has 0 aliphatic carbocycles. The smallest absolute Gasteiger partial charge is 0.312 e. The van der Waals surface area contributed by atoms with Gasteiger partial charge in [0.1, 0.15) is 38.8 Å². The summed E-state index contributed by atoms with van der Waals surface area (Å²) >= 11 is 19.6. The number of Topliss-reactive ketones (excluding diaryl/α,β-unsaturated/α-hetero) is 1. The molecule has 2 aliphatic rings. The van der Waals surface area contributed by atoms with E-state index in [9.17, 15) is 81.7 Å². The minimum Gasteiger partial charge on any atom is -0.483 e. The number of rotatable bonds is 30. The van der Waals surface area contributed by atoms with Crippen molar-refractivity contribution in [1.82, 2.24) is 48.7 Å². The van der Waals surface area contributed by atoms with Gasteiger partial charge in [-0.25, -0.2) is 8.78 Å². The number of hydrogen-bond donors (Lipinski definition) is 2. The summed E-state index contributed by atoms with van der Waals surface area (Å²) in [4.78, 5) is 172. The third-order valence-corrected chi connectivity index (χ3v) is 30.6. The number of nitro groups is 2. The molecule has 7 heterocycles. The lowest BCUT2D eigenvalue weighted by Gasteiger charge is -2.30. The summed E-state index contributed by atoms with van der Waals surface area (Å²) in [6.45, 7) is 15.2. The Morgan fingerprint density at radius 1 is 0.542 bits per heavy atom. The van der Waals surface area contributed by atoms with E-state index in [1.807, 2.05) is 166 Å². The van der Waals surface area contributed by atoms with Gasteiger partial charge < -0.3 is 38.5 Å². The normalized spacial score (nSPS) is 12.6. The molecule has 5 aromatic heterocycles. The summed E-state index contributed by atoms with van der Waals surface area (Å²) in [6.07, 6.45) is 3.34. The van der Waals surface area contributed by atoms with Gasteiger partial charge in [-0.05, 0) is 143 Å². The zero-order chi connectivity index (χ0) is 104. The molecule has 2 N–H and O–H groups in total. The van der Waals surface area contributed by atoms with Gasteiger partial charge in [0.15, 0.2) is 32.8 Å². The predicted molar refractivity (Wildman–Crippen MR) is 566 cm³/mol. The van der Waals surface area contributed by atoms with Gasteiger partial charge in [0.2, 0.25) is 11.3 Å². The minimum absolute atomic E-state index is 0.00884. The summed E-state index contributed by atoms with van der Waals surface area (Å²) in [6, 6.07) is 71.7. The Labute approximate surface area is 875 Å². The molecular formula is C105H93Br4F2N13O16S4. The number of piperazine rings is 1. The molecule has 39 heteroatoms. The standard InChI is InChI=1S/C24H23N3O4.C22H19F2N3O4.C21H21NO2S2.C19H15Br3N2OS.C19H15BrN4O5S/c28-21-13-20(15-26-12-11-25-23(29)24(26)30)27(14-18-7-3-1-4-8-18)16-22(21)31-17-19-9-5-2-6-10-19;1-13(28)11-25-20(29)19-21(30)26-18(9-15-7-8-16(23)10-17(15)24)27(22(19)31)12-14-5-3-2-4-6-14;1-13-10-22(11-17-8-6-5-7-9-17)20(15(3)18(13)23)26-21-16(4)19(24)14(2)12-25-21;1-12-17(22)18(25)23-19(26-11-14-7-3-5-9-16(14)21)24(12)10-13-6-2-4-8-15(13)20;1-12-17(20)18(25)21-19(30-11-14-7-3-5-9-16(14)24(28)29)22(12)10-13-6-2-4-8-15(13)23(26)27/h1-10,13,16H,11-12,14-15,17H2,(H,25,29);2-8,10,19H,9,11-12H2,1H3,(H,25,29);5-10,12H,11H2,1-4H3;2-9H,10-11H2,1H3;2-9H,10-11H2,1H3. The van der Waals surface area contributed by atoms with Gasteiger partial charge in [-0.1, -0.05) is 267 Å². The maximum atomic E-state index is 14.2. The number of ether oxygens (including phenoxy) is 1. The van der Waals surface area contributed by atoms with E-state index in [0.29, 0.717) is 81.7 Å². The molecular weight excluding hydrogens is 2190 g/mol. The van der Waals surface area contributed by atoms with E-state index in [1.54, 1.807) is 108 Å². The van der Waals surface area contributed by atoms with Crippen LogP contribution in [0.4, 0.5) is 20.2 Å². The van der Waals surface area contributed by atoms with E-state index in [-0.39, 0.29) is 106 Å². The lowest BCUT2D eigenvalue weighted by molar-refractivity contribution is -0.385. The van der Waals surface area contributed by atoms with Crippen LogP contribution in [0.2, 0.25) is 0 Å². The second-order valence-electron chi connectivity index (χ2n) is 32.8. The lowest BCUT2D eigenvalue weighted by Crippen LogP contribution is -2.53. The number of nitro benzene ring substituents is 2. The third-order valence-electron chi connectivity index (χ3n) is 22.5. The van der Waals surface area contributed by atoms with Gasteiger partial charge in [-0.3, -0.25) is 77.9 Å². The highest BCUT2D eigenvalue weighted by Gasteiger charge is 2.43. The molecule has 29 nitrogen and oxygen atoms in total. The van der Waals surface area contributed by atoms with E-state index in [1.165, 1.54) is 59.0 Å². The van der Waals surface area contributed by atoms with Gasteiger partial charge >= 0.3 is 11.8 Å². The quantitative estimate of drug-likeness (QED) is 0.0105. The maximum Gasteiger partial charge on any atom is 0.312 e. The minimum atomic E-state index is -1.75. The van der Waals surface area contributed by atoms with Crippen molar-refractivity contribution in [1.29, 1.82) is 0 Å². The topological polar surface area (TPSA) is 372 Å². The number of amides is 5. The van der Waals surface area contributed by atoms with Crippen LogP contribution in [-0.2, 0) is 92.6 Å². The highest BCUT2D eigenvalue weighted by molar-refractivity contribution is 9.11. The first-order chi connectivity index (χ1) is 69.0. The van der Waals surface area contributed by atoms with Crippen molar-refractivity contribution in [2.24, 2.45) is 10.9 Å². The molecule has 2 aliphatic heterocycles. The molecule has 1 saturated heterocycles. The molecule has 1 atom stereocenters. The SMILES string of the molecule is CC(=O)CNC(=O)C1C(=O)N=C(Cc2ccc(F)cc2F)N(Cc2ccccc2)C1=O.Cc1c(Br)c(=O)nc(SCc2ccccc2Br)n1Cc1ccccc1Br.Cc1c(Br)c(=O)nc(SCc2ccccc2[N+](=O)[O-])n1Cc1ccccc1[N+](=O)[O-].Cc1csc(Sc2c(C)c(=O)c(C)cn2Cc2ccccc2)c(C)c1=O.O=C1NCCN(Cc2cc(=O)c(OCc3ccccc3)cn2Cc2ccccc2)C1=O. The van der Waals surface area contributed by atoms with Crippen molar-refractivity contribution in [2.45, 2.75) is 132 Å². The average molecular weight is 2280 g/mol. The molecule has 1 unspecified atom stereocenters. The Bertz CT molecular complexity index is 7520. The van der Waals surface area contributed by atoms with E-state index >= 15 is 0 Å². The molecule has 0 spiro atoms. The fraction of sp³-hybridized carbons (Fsp3) is 0.200. The van der Waals surface area contributed by atoms with Crippen LogP contribution in [0.25, 0.3) is 0 Å². The molecule has 9 aromatic carbocycles. The number of carbonyl (C=O) groups is 6. The highest BCUT2D eigenvalue weighted by atomic mass is 79.9. The zero-order valence-electron chi connectivity index (χ0n) is 78.4. The number of para-hydroxylation sites is 2. The Balaban J connectivity index is 0.000000161. The number of carbonyl (C=O) groups excluding carboxylic acids is 6. The first-order valence-corrected chi connectivity index (χ1v) is 51.3. The highest BCUT2D eigenvalue weighted by Crippen LogP contribution is 2.37. The van der Waals surface area contributed by atoms with Gasteiger partial charge in [0, 0.05) is 134 Å². The number of aromatic nitrogens is 6. The maximum absolute atomic E-state index is 14.2. The number of nitrogens with one attached hydrogen (secondary N) is 2. The monoisotopic (exact) mass is 2270 g/mol. The van der Waals surface area contributed by atoms with Crippen LogP contribution in [0.5, 0.6) is 5.75 Å². The predicted octanol–water partition coefficient (Wildman–Crippen LogP) is 19.1. The summed E-state index contributed by atoms with van der Waals surface area (Å²) in [5, 5.41) is 31.2. The fourth-order valence-corrected chi connectivity index (χ4v) is 20.6. The van der Waals surface area contributed by atoms with Crippen LogP contribution < -0.4 is 42.8 Å². The number of amidine groups is 1. The summed E-state index contributed by atoms with van der Waals surface area (Å²) in [7, 11) is 0. The molecule has 740 valence electrons. The molecule has 14 aromatic rings. The van der Waals surface area contributed by atoms with E-state index in [0.717, 1.165) is 91.3 Å². The van der Waals surface area contributed by atoms with Crippen LogP contribution >= 0.6 is 110 Å². The van der Waals surface area contributed by atoms with E-state index in [2.05, 4.69) is 123 Å². The van der Waals surface area contributed by atoms with Crippen molar-refractivity contribution in [2.75, 3.05) is 19.6 Å². The number of halogens is 6. The molecule has 144 heavy (non-hydrogen) atoms. The number of pyridine rings is 2. The largest absolute Gasteiger partial charge is 0.483 e. The number of nitrogens with zero attached hydrogens (tertiary/aromatic N) is 11. The second-order valence-corrected chi connectivity index (χ2v) is 40.1. The van der Waals surface area contributed by atoms with Gasteiger partial charge in [0.25, 0.3) is 34.3 Å². The molecule has 0 radical (unpaired) electrons. The number of aryl methyl sites for hydroxylation is 2. The van der Waals surface area contributed by atoms with Gasteiger partial charge in [-0.15, -0.1) is 11.3 Å². The molecule has 0 saturated carbocycles. The molecule has 5 amide bonds. The van der Waals surface area contributed by atoms with Crippen LogP contribution in [0.15, 0.2) is 327 Å². The van der Waals surface area contributed by atoms with Crippen molar-refractivity contribution >= 4 is 163 Å². The Kier molecular flexibility index (Phi) is 39.4. The number of aliphatic imine (C=N–C) groups is 1. The van der Waals surface area contributed by atoms with E-state index < -0.39 is 62.5 Å². The number of hydrogen-bond acceptors (Lipinski definition) is 22. The van der Waals surface area contributed by atoms with Crippen LogP contribution in [-0.4, -0.2) is 109 Å². The Morgan fingerprint density at radius 2 is 1.03 bits per heavy atom. The molecule has 0 bridgehead atoms. The summed E-state index contributed by atoms with van der Waals surface area (Å²) < 4.78 is 44.8. The van der Waals surface area contributed by atoms with Gasteiger partial charge in [-0.2, -0.15) is 15.0 Å². The fourth-order valence-electron chi connectivity index (χ4n) is 14.7. The van der Waals surface area contributed by atoms with E-state index in [4.69, 9.17) is 4.74 Å². The Morgan fingerprint density at radius 3 is 1.58 bits per heavy atom. The van der Waals surface area contributed by atoms with Crippen molar-refractivity contribution < 1.29 is 52.1 Å². The average Bonchev–Trinajstić information content (AvgIpc) is 0.813. The molecule has 1 fully saturated rings. The second kappa shape index (κ2) is 52.0. The first-order valence-electron chi connectivity index (χ1n) is 44.4. The zero-order valence-corrected chi connectivity index (χ0v) is 88.1. The van der Waals surface area contributed by atoms with Crippen molar-refractivity contribution in [3.8, 4) is 5.75 Å². The van der Waals surface area contributed by atoms with Crippen molar-refractivity contribution in [3.63, 3.8) is 0 Å². The number of ketones is 1. The van der Waals surface area contributed by atoms with Crippen LogP contribution in [0.3, 0.4) is 0 Å². The van der Waals surface area contributed by atoms with Crippen LogP contribution in [0.1, 0.15) is 96.3 Å². The van der Waals surface area contributed by atoms with Gasteiger partial charge in [0.05, 0.1) is 58.0 Å². The number of benzene rings is 9. The molecule has 16 rings (SSSR count). The van der Waals surface area contributed by atoms with Crippen LogP contribution in [0, 0.1) is 79.3 Å². The first kappa shape index (κ1) is 109. The van der Waals surface area contributed by atoms with Crippen molar-refractivity contribution in [3.05, 3.63) is 451 Å². The summed E-state index contributed by atoms with van der Waals surface area (Å²) in [5.41, 5.74) is 11.3.